The number of urea groups is 1. The lowest BCUT2D eigenvalue weighted by molar-refractivity contribution is 0.183. The third-order valence-corrected chi connectivity index (χ3v) is 6.03. The Hall–Kier alpha value is -2.34. The zero-order valence-electron chi connectivity index (χ0n) is 17.5. The van der Waals surface area contributed by atoms with Crippen LogP contribution in [0, 0.1) is 6.92 Å². The SMILES string of the molecule is CCC(C)n1nc(C)cc1NC(=O)NCC1(c2ccccc2)CCN(C)CC1. The number of nitrogens with one attached hydrogen (secondary N) is 2. The molecule has 0 saturated carbocycles. The maximum absolute atomic E-state index is 12.7. The van der Waals surface area contributed by atoms with Gasteiger partial charge in [-0.05, 0) is 58.8 Å². The van der Waals surface area contributed by atoms with Gasteiger partial charge in [-0.25, -0.2) is 9.48 Å². The molecule has 3 rings (SSSR count). The van der Waals surface area contributed by atoms with Crippen LogP contribution in [0.4, 0.5) is 10.6 Å². The number of anilines is 1. The number of nitrogens with zero attached hydrogens (tertiary/aromatic N) is 3. The standard InChI is InChI=1S/C22H33N5O/c1-5-18(3)27-20(15-17(2)25-27)24-21(28)23-16-22(11-13-26(4)14-12-22)19-9-7-6-8-10-19/h6-10,15,18H,5,11-14,16H2,1-4H3,(H2,23,24,28). The fourth-order valence-corrected chi connectivity index (χ4v) is 3.93. The molecule has 28 heavy (non-hydrogen) atoms. The van der Waals surface area contributed by atoms with Gasteiger partial charge in [0.25, 0.3) is 0 Å². The molecule has 1 unspecified atom stereocenters. The van der Waals surface area contributed by atoms with Crippen molar-refractivity contribution in [3.05, 3.63) is 47.7 Å². The Morgan fingerprint density at radius 1 is 1.25 bits per heavy atom. The molecule has 1 fully saturated rings. The van der Waals surface area contributed by atoms with Crippen LogP contribution in [0.3, 0.4) is 0 Å². The molecule has 2 aromatic rings. The second-order valence-electron chi connectivity index (χ2n) is 8.13. The van der Waals surface area contributed by atoms with Crippen LogP contribution in [-0.2, 0) is 5.41 Å². The average molecular weight is 384 g/mol. The summed E-state index contributed by atoms with van der Waals surface area (Å²) in [4.78, 5) is 15.0. The molecule has 0 aliphatic carbocycles. The second-order valence-corrected chi connectivity index (χ2v) is 8.13. The number of rotatable bonds is 6. The van der Waals surface area contributed by atoms with Gasteiger partial charge in [-0.1, -0.05) is 37.3 Å². The second kappa shape index (κ2) is 8.78. The molecular weight excluding hydrogens is 350 g/mol. The number of amides is 2. The van der Waals surface area contributed by atoms with Gasteiger partial charge >= 0.3 is 6.03 Å². The topological polar surface area (TPSA) is 62.2 Å². The minimum atomic E-state index is -0.168. The number of carbonyl (C=O) groups excluding carboxylic acids is 1. The number of aryl methyl sites for hydroxylation is 1. The molecule has 6 nitrogen and oxygen atoms in total. The molecule has 0 bridgehead atoms. The van der Waals surface area contributed by atoms with Crippen LogP contribution in [0.25, 0.3) is 0 Å². The van der Waals surface area contributed by atoms with Crippen molar-refractivity contribution in [1.82, 2.24) is 20.0 Å². The van der Waals surface area contributed by atoms with Gasteiger partial charge in [0, 0.05) is 18.0 Å². The minimum absolute atomic E-state index is 0.0159. The van der Waals surface area contributed by atoms with E-state index >= 15 is 0 Å². The van der Waals surface area contributed by atoms with Gasteiger partial charge < -0.3 is 10.2 Å². The number of hydrogen-bond acceptors (Lipinski definition) is 3. The Morgan fingerprint density at radius 2 is 1.93 bits per heavy atom. The number of benzene rings is 1. The summed E-state index contributed by atoms with van der Waals surface area (Å²) in [5.41, 5.74) is 2.20. The van der Waals surface area contributed by atoms with Crippen molar-refractivity contribution >= 4 is 11.8 Å². The Morgan fingerprint density at radius 3 is 2.57 bits per heavy atom. The Bertz CT molecular complexity index is 777. The lowest BCUT2D eigenvalue weighted by atomic mass is 9.72. The highest BCUT2D eigenvalue weighted by atomic mass is 16.2. The molecule has 2 N–H and O–H groups in total. The molecule has 1 atom stereocenters. The van der Waals surface area contributed by atoms with E-state index in [1.165, 1.54) is 5.56 Å². The number of aromatic nitrogens is 2. The van der Waals surface area contributed by atoms with E-state index in [2.05, 4.69) is 65.8 Å². The molecule has 6 heteroatoms. The molecule has 1 aliphatic heterocycles. The highest BCUT2D eigenvalue weighted by Gasteiger charge is 2.35. The molecule has 0 radical (unpaired) electrons. The van der Waals surface area contributed by atoms with Gasteiger partial charge in [0.1, 0.15) is 5.82 Å². The van der Waals surface area contributed by atoms with Crippen LogP contribution >= 0.6 is 0 Å². The van der Waals surface area contributed by atoms with E-state index < -0.39 is 0 Å². The lowest BCUT2D eigenvalue weighted by Crippen LogP contribution is -2.48. The summed E-state index contributed by atoms with van der Waals surface area (Å²) in [6.07, 6.45) is 3.04. The normalized spacial score (nSPS) is 17.9. The quantitative estimate of drug-likeness (QED) is 0.794. The predicted octanol–water partition coefficient (Wildman–Crippen LogP) is 3.95. The van der Waals surface area contributed by atoms with Crippen molar-refractivity contribution in [2.45, 2.75) is 51.5 Å². The van der Waals surface area contributed by atoms with Crippen LogP contribution in [0.15, 0.2) is 36.4 Å². The first kappa shape index (κ1) is 20.4. The van der Waals surface area contributed by atoms with E-state index in [4.69, 9.17) is 0 Å². The molecule has 1 saturated heterocycles. The molecule has 152 valence electrons. The van der Waals surface area contributed by atoms with Gasteiger partial charge in [0.05, 0.1) is 11.7 Å². The van der Waals surface area contributed by atoms with Crippen LogP contribution in [0.1, 0.15) is 50.4 Å². The maximum Gasteiger partial charge on any atom is 0.320 e. The number of likely N-dealkylation sites (tertiary alicyclic amines) is 1. The Balaban J connectivity index is 1.70. The molecule has 1 aromatic carbocycles. The van der Waals surface area contributed by atoms with E-state index in [1.807, 2.05) is 23.7 Å². The van der Waals surface area contributed by atoms with Gasteiger partial charge in [0.15, 0.2) is 0 Å². The molecule has 1 aromatic heterocycles. The fourth-order valence-electron chi connectivity index (χ4n) is 3.93. The first-order valence-corrected chi connectivity index (χ1v) is 10.3. The summed E-state index contributed by atoms with van der Waals surface area (Å²) in [6, 6.07) is 12.6. The van der Waals surface area contributed by atoms with Crippen LogP contribution in [0.5, 0.6) is 0 Å². The smallest absolute Gasteiger partial charge is 0.320 e. The monoisotopic (exact) mass is 383 g/mol. The molecule has 2 heterocycles. The van der Waals surface area contributed by atoms with Crippen molar-refractivity contribution < 1.29 is 4.79 Å². The van der Waals surface area contributed by atoms with Crippen molar-refractivity contribution in [2.24, 2.45) is 0 Å². The number of piperidine rings is 1. The summed E-state index contributed by atoms with van der Waals surface area (Å²) < 4.78 is 1.90. The van der Waals surface area contributed by atoms with Crippen molar-refractivity contribution in [3.63, 3.8) is 0 Å². The van der Waals surface area contributed by atoms with Crippen molar-refractivity contribution in [3.8, 4) is 0 Å². The fraction of sp³-hybridized carbons (Fsp3) is 0.545. The average Bonchev–Trinajstić information content (AvgIpc) is 3.08. The maximum atomic E-state index is 12.7. The van der Waals surface area contributed by atoms with Crippen LogP contribution in [0.2, 0.25) is 0 Å². The van der Waals surface area contributed by atoms with E-state index in [-0.39, 0.29) is 17.5 Å². The third kappa shape index (κ3) is 4.55. The highest BCUT2D eigenvalue weighted by Crippen LogP contribution is 2.34. The zero-order valence-corrected chi connectivity index (χ0v) is 17.5. The van der Waals surface area contributed by atoms with Crippen molar-refractivity contribution in [2.75, 3.05) is 32.0 Å². The molecule has 0 spiro atoms. The molecular formula is C22H33N5O. The van der Waals surface area contributed by atoms with Gasteiger partial charge in [-0.15, -0.1) is 0 Å². The van der Waals surface area contributed by atoms with E-state index in [0.29, 0.717) is 6.54 Å². The predicted molar refractivity (Wildman–Crippen MR) is 114 cm³/mol. The largest absolute Gasteiger partial charge is 0.337 e. The zero-order chi connectivity index (χ0) is 20.1. The Kier molecular flexibility index (Phi) is 6.39. The summed E-state index contributed by atoms with van der Waals surface area (Å²) in [6.45, 7) is 8.89. The van der Waals surface area contributed by atoms with Gasteiger partial charge in [-0.3, -0.25) is 5.32 Å². The Labute approximate surface area is 168 Å². The number of carbonyl (C=O) groups is 1. The summed E-state index contributed by atoms with van der Waals surface area (Å²) in [5, 5.41) is 10.7. The summed E-state index contributed by atoms with van der Waals surface area (Å²) in [5.74, 6) is 0.751. The lowest BCUT2D eigenvalue weighted by Gasteiger charge is -2.41. The van der Waals surface area contributed by atoms with Gasteiger partial charge in [-0.2, -0.15) is 5.10 Å². The molecule has 1 aliphatic rings. The van der Waals surface area contributed by atoms with E-state index in [9.17, 15) is 4.79 Å². The van der Waals surface area contributed by atoms with Gasteiger partial charge in [0.2, 0.25) is 0 Å². The minimum Gasteiger partial charge on any atom is -0.337 e. The summed E-state index contributed by atoms with van der Waals surface area (Å²) >= 11 is 0. The third-order valence-electron chi connectivity index (χ3n) is 6.03. The van der Waals surface area contributed by atoms with Crippen molar-refractivity contribution in [1.29, 1.82) is 0 Å². The van der Waals surface area contributed by atoms with Crippen LogP contribution in [-0.4, -0.2) is 47.4 Å². The molecule has 2 amide bonds. The van der Waals surface area contributed by atoms with Crippen LogP contribution < -0.4 is 10.6 Å². The van der Waals surface area contributed by atoms with E-state index in [1.54, 1.807) is 0 Å². The highest BCUT2D eigenvalue weighted by molar-refractivity contribution is 5.88. The summed E-state index contributed by atoms with van der Waals surface area (Å²) in [7, 11) is 2.16. The number of hydrogen-bond donors (Lipinski definition) is 2. The first-order valence-electron chi connectivity index (χ1n) is 10.3. The van der Waals surface area contributed by atoms with E-state index in [0.717, 1.165) is 43.9 Å². The first-order chi connectivity index (χ1) is 13.4.